The molecule has 0 amide bonds. The minimum atomic E-state index is -0.889. The summed E-state index contributed by atoms with van der Waals surface area (Å²) in [7, 11) is 1.66. The van der Waals surface area contributed by atoms with Gasteiger partial charge in [0.1, 0.15) is 11.8 Å². The number of aryl methyl sites for hydroxylation is 1. The quantitative estimate of drug-likeness (QED) is 0.557. The van der Waals surface area contributed by atoms with Gasteiger partial charge in [0, 0.05) is 35.3 Å². The van der Waals surface area contributed by atoms with E-state index in [2.05, 4.69) is 11.1 Å². The molecule has 0 spiro atoms. The number of aliphatic hydroxyl groups is 1. The number of aromatic nitrogens is 2. The van der Waals surface area contributed by atoms with Gasteiger partial charge in [0.15, 0.2) is 0 Å². The Morgan fingerprint density at radius 3 is 2.59 bits per heavy atom. The second-order valence-electron chi connectivity index (χ2n) is 6.74. The van der Waals surface area contributed by atoms with Crippen LogP contribution < -0.4 is 5.56 Å². The molecule has 0 bridgehead atoms. The Balaban J connectivity index is 1.93. The molecule has 0 aliphatic carbocycles. The van der Waals surface area contributed by atoms with Crippen molar-refractivity contribution in [3.63, 3.8) is 0 Å². The molecular formula is C23H16ClN3O2. The highest BCUT2D eigenvalue weighted by atomic mass is 35.5. The molecule has 5 nitrogen and oxygen atoms in total. The summed E-state index contributed by atoms with van der Waals surface area (Å²) < 4.78 is 1.46. The van der Waals surface area contributed by atoms with Crippen molar-refractivity contribution in [3.8, 4) is 17.2 Å². The Morgan fingerprint density at radius 1 is 1.10 bits per heavy atom. The van der Waals surface area contributed by atoms with Crippen molar-refractivity contribution < 1.29 is 5.11 Å². The molecule has 2 heterocycles. The van der Waals surface area contributed by atoms with Gasteiger partial charge in [-0.15, -0.1) is 0 Å². The summed E-state index contributed by atoms with van der Waals surface area (Å²) in [5, 5.41) is 21.3. The van der Waals surface area contributed by atoms with E-state index in [0.29, 0.717) is 38.3 Å². The van der Waals surface area contributed by atoms with E-state index in [4.69, 9.17) is 11.6 Å². The molecule has 0 fully saturated rings. The smallest absolute Gasteiger partial charge is 0.252 e. The van der Waals surface area contributed by atoms with Crippen molar-refractivity contribution in [2.24, 2.45) is 7.05 Å². The zero-order chi connectivity index (χ0) is 20.5. The second kappa shape index (κ2) is 7.51. The van der Waals surface area contributed by atoms with Gasteiger partial charge in [0.25, 0.3) is 5.56 Å². The van der Waals surface area contributed by atoms with Crippen LogP contribution in [0.25, 0.3) is 22.2 Å². The maximum atomic E-state index is 12.4. The maximum absolute atomic E-state index is 12.4. The van der Waals surface area contributed by atoms with Crippen LogP contribution in [-0.2, 0) is 7.05 Å². The zero-order valence-electron chi connectivity index (χ0n) is 15.5. The molecule has 4 rings (SSSR count). The maximum Gasteiger partial charge on any atom is 0.252 e. The highest BCUT2D eigenvalue weighted by Crippen LogP contribution is 2.30. The number of nitrogens with zero attached hydrogens (tertiary/aromatic N) is 3. The van der Waals surface area contributed by atoms with Crippen LogP contribution in [0.1, 0.15) is 22.8 Å². The lowest BCUT2D eigenvalue weighted by molar-refractivity contribution is 0.220. The first-order valence-electron chi connectivity index (χ1n) is 8.91. The molecule has 0 saturated heterocycles. The average molecular weight is 402 g/mol. The van der Waals surface area contributed by atoms with Crippen molar-refractivity contribution in [2.75, 3.05) is 0 Å². The van der Waals surface area contributed by atoms with Crippen molar-refractivity contribution in [2.45, 2.75) is 6.10 Å². The number of rotatable bonds is 3. The van der Waals surface area contributed by atoms with Crippen LogP contribution in [0.2, 0.25) is 5.02 Å². The molecule has 4 aromatic rings. The highest BCUT2D eigenvalue weighted by molar-refractivity contribution is 6.30. The number of hydrogen-bond acceptors (Lipinski definition) is 4. The number of fused-ring (bicyclic) bond motifs is 1. The lowest BCUT2D eigenvalue weighted by Crippen LogP contribution is -2.17. The van der Waals surface area contributed by atoms with E-state index in [1.165, 1.54) is 10.6 Å². The van der Waals surface area contributed by atoms with Gasteiger partial charge in [-0.3, -0.25) is 9.36 Å². The molecular weight excluding hydrogens is 386 g/mol. The summed E-state index contributed by atoms with van der Waals surface area (Å²) in [4.78, 5) is 16.9. The molecule has 142 valence electrons. The average Bonchev–Trinajstić information content (AvgIpc) is 2.76. The third-order valence-electron chi connectivity index (χ3n) is 4.90. The fraction of sp³-hybridized carbons (Fsp3) is 0.0870. The van der Waals surface area contributed by atoms with Gasteiger partial charge in [-0.05, 0) is 47.0 Å². The third kappa shape index (κ3) is 3.52. The van der Waals surface area contributed by atoms with Crippen LogP contribution in [0.5, 0.6) is 0 Å². The van der Waals surface area contributed by atoms with Crippen LogP contribution in [-0.4, -0.2) is 14.7 Å². The Morgan fingerprint density at radius 2 is 1.86 bits per heavy atom. The second-order valence-corrected chi connectivity index (χ2v) is 7.18. The largest absolute Gasteiger partial charge is 0.384 e. The summed E-state index contributed by atoms with van der Waals surface area (Å²) in [6.07, 6.45) is 0.677. The van der Waals surface area contributed by atoms with Crippen LogP contribution >= 0.6 is 11.6 Å². The van der Waals surface area contributed by atoms with Crippen molar-refractivity contribution in [3.05, 3.63) is 98.9 Å². The number of pyridine rings is 2. The van der Waals surface area contributed by atoms with Gasteiger partial charge in [-0.1, -0.05) is 35.9 Å². The predicted octanol–water partition coefficient (Wildman–Crippen LogP) is 4.21. The lowest BCUT2D eigenvalue weighted by atomic mass is 9.97. The normalized spacial score (nSPS) is 11.9. The number of halogens is 1. The van der Waals surface area contributed by atoms with Crippen molar-refractivity contribution >= 4 is 22.6 Å². The molecule has 0 radical (unpaired) electrons. The number of aliphatic hydroxyl groups excluding tert-OH is 1. The van der Waals surface area contributed by atoms with Crippen LogP contribution in [0.3, 0.4) is 0 Å². The third-order valence-corrected chi connectivity index (χ3v) is 5.15. The van der Waals surface area contributed by atoms with Crippen molar-refractivity contribution in [1.29, 1.82) is 5.26 Å². The van der Waals surface area contributed by atoms with Gasteiger partial charge in [0.2, 0.25) is 0 Å². The summed E-state index contributed by atoms with van der Waals surface area (Å²) in [6.45, 7) is 0. The van der Waals surface area contributed by atoms with Gasteiger partial charge in [-0.2, -0.15) is 5.26 Å². The number of hydrogen-bond donors (Lipinski definition) is 1. The fourth-order valence-corrected chi connectivity index (χ4v) is 3.45. The number of nitriles is 1. The molecule has 29 heavy (non-hydrogen) atoms. The molecule has 1 N–H and O–H groups in total. The SMILES string of the molecule is Cn1c(=O)cc(-c2cccc(C#N)c2)c2cc(C(O)c3ccc(Cl)cc3)cnc21. The Hall–Kier alpha value is -3.46. The van der Waals surface area contributed by atoms with Gasteiger partial charge < -0.3 is 5.11 Å². The van der Waals surface area contributed by atoms with E-state index in [-0.39, 0.29) is 5.56 Å². The Bertz CT molecular complexity index is 1320. The fourth-order valence-electron chi connectivity index (χ4n) is 3.32. The standard InChI is InChI=1S/C23H16ClN3O2/c1-27-21(28)11-19(16-4-2-3-14(9-16)12-25)20-10-17(13-26-23(20)27)22(29)15-5-7-18(24)8-6-15/h2-11,13,22,29H,1H3. The molecule has 0 aliphatic heterocycles. The Kier molecular flexibility index (Phi) is 4.89. The van der Waals surface area contributed by atoms with E-state index in [9.17, 15) is 15.2 Å². The van der Waals surface area contributed by atoms with E-state index in [1.54, 1.807) is 55.7 Å². The first-order chi connectivity index (χ1) is 14.0. The van der Waals surface area contributed by atoms with Crippen LogP contribution in [0.4, 0.5) is 0 Å². The molecule has 6 heteroatoms. The first-order valence-corrected chi connectivity index (χ1v) is 9.29. The van der Waals surface area contributed by atoms with Crippen LogP contribution in [0.15, 0.2) is 71.7 Å². The van der Waals surface area contributed by atoms with Gasteiger partial charge in [0.05, 0.1) is 11.6 Å². The minimum Gasteiger partial charge on any atom is -0.384 e. The summed E-state index contributed by atoms with van der Waals surface area (Å²) >= 11 is 5.94. The van der Waals surface area contributed by atoms with Crippen LogP contribution in [0, 0.1) is 11.3 Å². The summed E-state index contributed by atoms with van der Waals surface area (Å²) in [6, 6.07) is 19.5. The molecule has 1 atom stereocenters. The molecule has 0 saturated carbocycles. The van der Waals surface area contributed by atoms with E-state index < -0.39 is 6.10 Å². The van der Waals surface area contributed by atoms with E-state index in [0.717, 1.165) is 5.56 Å². The lowest BCUT2D eigenvalue weighted by Gasteiger charge is -2.15. The first kappa shape index (κ1) is 18.9. The Labute approximate surface area is 172 Å². The zero-order valence-corrected chi connectivity index (χ0v) is 16.3. The molecule has 1 unspecified atom stereocenters. The highest BCUT2D eigenvalue weighted by Gasteiger charge is 2.16. The molecule has 2 aromatic carbocycles. The monoisotopic (exact) mass is 401 g/mol. The summed E-state index contributed by atoms with van der Waals surface area (Å²) in [5.41, 5.74) is 3.49. The predicted molar refractivity (Wildman–Crippen MR) is 113 cm³/mol. The van der Waals surface area contributed by atoms with Crippen molar-refractivity contribution in [1.82, 2.24) is 9.55 Å². The van der Waals surface area contributed by atoms with E-state index in [1.807, 2.05) is 12.1 Å². The molecule has 2 aromatic heterocycles. The molecule has 0 aliphatic rings. The summed E-state index contributed by atoms with van der Waals surface area (Å²) in [5.74, 6) is 0. The van der Waals surface area contributed by atoms with E-state index >= 15 is 0 Å². The topological polar surface area (TPSA) is 78.9 Å². The van der Waals surface area contributed by atoms with Gasteiger partial charge in [-0.25, -0.2) is 4.98 Å². The number of benzene rings is 2. The minimum absolute atomic E-state index is 0.201. The van der Waals surface area contributed by atoms with Gasteiger partial charge >= 0.3 is 0 Å².